The zero-order valence-corrected chi connectivity index (χ0v) is 19.0. The maximum atomic E-state index is 10.0. The molecule has 0 bridgehead atoms. The van der Waals surface area contributed by atoms with Gasteiger partial charge in [0.15, 0.2) is 0 Å². The van der Waals surface area contributed by atoms with Crippen LogP contribution >= 0.6 is 0 Å². The van der Waals surface area contributed by atoms with Crippen molar-refractivity contribution in [2.24, 2.45) is 29.1 Å². The van der Waals surface area contributed by atoms with Gasteiger partial charge < -0.3 is 5.11 Å². The third-order valence-electron chi connectivity index (χ3n) is 8.35. The number of allylic oxidation sites excluding steroid dienone is 4. The van der Waals surface area contributed by atoms with Crippen LogP contribution in [-0.2, 0) is 0 Å². The first-order chi connectivity index (χ1) is 13.3. The average molecular weight is 385 g/mol. The standard InChI is InChI=1S/C27H44O/c1-19(2)8-6-9-21(4)25-15-16-26-22(10-7-17-27(25,26)5)12-13-23-18-24(28)14-11-20(23)3/h12-13,19,21,24-26,28H,3,6-11,14-18H2,1-2,4-5H3/t21-,24-,25-,26+,27-/m1/s1. The molecule has 0 spiro atoms. The summed E-state index contributed by atoms with van der Waals surface area (Å²) in [7, 11) is 0. The van der Waals surface area contributed by atoms with E-state index in [2.05, 4.69) is 46.4 Å². The monoisotopic (exact) mass is 384 g/mol. The van der Waals surface area contributed by atoms with E-state index in [1.165, 1.54) is 62.5 Å². The van der Waals surface area contributed by atoms with E-state index in [9.17, 15) is 5.11 Å². The van der Waals surface area contributed by atoms with Crippen LogP contribution < -0.4 is 0 Å². The molecule has 158 valence electrons. The molecule has 0 heterocycles. The van der Waals surface area contributed by atoms with Crippen LogP contribution in [0.3, 0.4) is 0 Å². The average Bonchev–Trinajstić information content (AvgIpc) is 2.99. The highest BCUT2D eigenvalue weighted by molar-refractivity contribution is 5.36. The fraction of sp³-hybridized carbons (Fsp3) is 0.778. The van der Waals surface area contributed by atoms with Crippen molar-refractivity contribution >= 4 is 0 Å². The predicted molar refractivity (Wildman–Crippen MR) is 121 cm³/mol. The van der Waals surface area contributed by atoms with Crippen molar-refractivity contribution < 1.29 is 5.11 Å². The van der Waals surface area contributed by atoms with Crippen LogP contribution in [0.4, 0.5) is 0 Å². The molecule has 1 heteroatoms. The Kier molecular flexibility index (Phi) is 7.29. The first kappa shape index (κ1) is 21.9. The molecule has 0 saturated heterocycles. The van der Waals surface area contributed by atoms with Crippen molar-refractivity contribution in [3.8, 4) is 0 Å². The number of rotatable bonds is 6. The fourth-order valence-electron chi connectivity index (χ4n) is 6.66. The number of hydrogen-bond donors (Lipinski definition) is 1. The Balaban J connectivity index is 1.70. The number of aliphatic hydroxyl groups is 1. The molecule has 1 nitrogen and oxygen atoms in total. The lowest BCUT2D eigenvalue weighted by atomic mass is 9.60. The summed E-state index contributed by atoms with van der Waals surface area (Å²) in [6.07, 6.45) is 18.2. The van der Waals surface area contributed by atoms with Crippen LogP contribution in [0, 0.1) is 29.1 Å². The van der Waals surface area contributed by atoms with E-state index in [0.29, 0.717) is 5.41 Å². The Morgan fingerprint density at radius 1 is 1.11 bits per heavy atom. The minimum Gasteiger partial charge on any atom is -0.393 e. The molecular formula is C27H44O. The van der Waals surface area contributed by atoms with Gasteiger partial charge in [0.2, 0.25) is 0 Å². The second kappa shape index (κ2) is 9.33. The highest BCUT2D eigenvalue weighted by Gasteiger charge is 2.50. The molecule has 0 aliphatic heterocycles. The molecule has 0 radical (unpaired) electrons. The lowest BCUT2D eigenvalue weighted by molar-refractivity contribution is 0.0929. The molecule has 0 aromatic heterocycles. The summed E-state index contributed by atoms with van der Waals surface area (Å²) in [5.74, 6) is 3.37. The molecule has 3 aliphatic carbocycles. The lowest BCUT2D eigenvalue weighted by Crippen LogP contribution is -2.36. The maximum Gasteiger partial charge on any atom is 0.0583 e. The number of fused-ring (bicyclic) bond motifs is 1. The van der Waals surface area contributed by atoms with Crippen LogP contribution in [0.25, 0.3) is 0 Å². The van der Waals surface area contributed by atoms with Crippen LogP contribution in [0.1, 0.15) is 98.3 Å². The van der Waals surface area contributed by atoms with E-state index in [0.717, 1.165) is 42.9 Å². The van der Waals surface area contributed by atoms with Gasteiger partial charge in [0.1, 0.15) is 0 Å². The molecule has 5 atom stereocenters. The second-order valence-electron chi connectivity index (χ2n) is 10.8. The van der Waals surface area contributed by atoms with Crippen LogP contribution in [-0.4, -0.2) is 11.2 Å². The van der Waals surface area contributed by atoms with Gasteiger partial charge in [-0.2, -0.15) is 0 Å². The quantitative estimate of drug-likeness (QED) is 0.499. The fourth-order valence-corrected chi connectivity index (χ4v) is 6.66. The molecule has 28 heavy (non-hydrogen) atoms. The van der Waals surface area contributed by atoms with E-state index >= 15 is 0 Å². The summed E-state index contributed by atoms with van der Waals surface area (Å²) < 4.78 is 0. The van der Waals surface area contributed by atoms with Crippen molar-refractivity contribution in [3.05, 3.63) is 35.5 Å². The summed E-state index contributed by atoms with van der Waals surface area (Å²) in [4.78, 5) is 0. The zero-order valence-electron chi connectivity index (χ0n) is 19.0. The molecule has 3 saturated carbocycles. The van der Waals surface area contributed by atoms with Crippen molar-refractivity contribution in [2.75, 3.05) is 0 Å². The summed E-state index contributed by atoms with van der Waals surface area (Å²) in [6.45, 7) is 14.1. The minimum absolute atomic E-state index is 0.172. The predicted octanol–water partition coefficient (Wildman–Crippen LogP) is 7.62. The van der Waals surface area contributed by atoms with Gasteiger partial charge in [-0.3, -0.25) is 0 Å². The van der Waals surface area contributed by atoms with Crippen molar-refractivity contribution in [1.82, 2.24) is 0 Å². The SMILES string of the molecule is C=C1CC[C@@H](O)CC1=CC=C1CCC[C@]2(C)[C@@H]([C@H](C)CCCC(C)C)CC[C@@H]12. The van der Waals surface area contributed by atoms with Gasteiger partial charge in [-0.05, 0) is 86.0 Å². The Morgan fingerprint density at radius 3 is 2.64 bits per heavy atom. The maximum absolute atomic E-state index is 10.0. The van der Waals surface area contributed by atoms with Gasteiger partial charge >= 0.3 is 0 Å². The molecule has 0 unspecified atom stereocenters. The second-order valence-corrected chi connectivity index (χ2v) is 10.8. The first-order valence-electron chi connectivity index (χ1n) is 12.1. The highest BCUT2D eigenvalue weighted by Crippen LogP contribution is 2.59. The zero-order chi connectivity index (χ0) is 20.3. The third-order valence-corrected chi connectivity index (χ3v) is 8.35. The Hall–Kier alpha value is -0.820. The van der Waals surface area contributed by atoms with Gasteiger partial charge in [-0.25, -0.2) is 0 Å². The smallest absolute Gasteiger partial charge is 0.0583 e. The summed E-state index contributed by atoms with van der Waals surface area (Å²) in [5, 5.41) is 10.0. The van der Waals surface area contributed by atoms with Gasteiger partial charge in [0.05, 0.1) is 6.10 Å². The van der Waals surface area contributed by atoms with E-state index in [-0.39, 0.29) is 6.10 Å². The van der Waals surface area contributed by atoms with Crippen molar-refractivity contribution in [3.63, 3.8) is 0 Å². The molecular weight excluding hydrogens is 340 g/mol. The molecule has 0 aromatic carbocycles. The summed E-state index contributed by atoms with van der Waals surface area (Å²) >= 11 is 0. The van der Waals surface area contributed by atoms with Crippen LogP contribution in [0.2, 0.25) is 0 Å². The van der Waals surface area contributed by atoms with Gasteiger partial charge in [0.25, 0.3) is 0 Å². The number of aliphatic hydroxyl groups excluding tert-OH is 1. The molecule has 0 amide bonds. The first-order valence-corrected chi connectivity index (χ1v) is 12.1. The topological polar surface area (TPSA) is 20.2 Å². The Labute approximate surface area is 174 Å². The molecule has 1 N–H and O–H groups in total. The van der Waals surface area contributed by atoms with Gasteiger partial charge in [-0.1, -0.05) is 76.8 Å². The largest absolute Gasteiger partial charge is 0.393 e. The molecule has 3 rings (SSSR count). The third kappa shape index (κ3) is 4.84. The Bertz CT molecular complexity index is 610. The van der Waals surface area contributed by atoms with E-state index in [1.54, 1.807) is 5.57 Å². The van der Waals surface area contributed by atoms with E-state index < -0.39 is 0 Å². The van der Waals surface area contributed by atoms with Crippen LogP contribution in [0.15, 0.2) is 35.5 Å². The normalized spacial score (nSPS) is 37.6. The van der Waals surface area contributed by atoms with Gasteiger partial charge in [-0.15, -0.1) is 0 Å². The van der Waals surface area contributed by atoms with Gasteiger partial charge in [0, 0.05) is 0 Å². The summed E-state index contributed by atoms with van der Waals surface area (Å²) in [6, 6.07) is 0. The Morgan fingerprint density at radius 2 is 1.89 bits per heavy atom. The molecule has 3 fully saturated rings. The number of hydrogen-bond acceptors (Lipinski definition) is 1. The van der Waals surface area contributed by atoms with Crippen LogP contribution in [0.5, 0.6) is 0 Å². The highest BCUT2D eigenvalue weighted by atomic mass is 16.3. The lowest BCUT2D eigenvalue weighted by Gasteiger charge is -2.44. The van der Waals surface area contributed by atoms with Crippen molar-refractivity contribution in [2.45, 2.75) is 104 Å². The molecule has 3 aliphatic rings. The minimum atomic E-state index is -0.172. The van der Waals surface area contributed by atoms with E-state index in [1.807, 2.05) is 0 Å². The van der Waals surface area contributed by atoms with Crippen molar-refractivity contribution in [1.29, 1.82) is 0 Å². The summed E-state index contributed by atoms with van der Waals surface area (Å²) in [5.41, 5.74) is 4.72. The van der Waals surface area contributed by atoms with E-state index in [4.69, 9.17) is 0 Å². The molecule has 0 aromatic rings.